The third kappa shape index (κ3) is 2.58. The quantitative estimate of drug-likeness (QED) is 0.760. The summed E-state index contributed by atoms with van der Waals surface area (Å²) in [6, 6.07) is 7.59. The van der Waals surface area contributed by atoms with Gasteiger partial charge in [0, 0.05) is 29.4 Å². The first-order valence-electron chi connectivity index (χ1n) is 8.64. The molecule has 1 atom stereocenters. The van der Waals surface area contributed by atoms with Crippen molar-refractivity contribution in [3.63, 3.8) is 0 Å². The molecule has 0 N–H and O–H groups in total. The van der Waals surface area contributed by atoms with Crippen molar-refractivity contribution in [1.29, 1.82) is 0 Å². The second kappa shape index (κ2) is 5.81. The second-order valence-electron chi connectivity index (χ2n) is 7.03. The lowest BCUT2D eigenvalue weighted by atomic mass is 10.0. The zero-order chi connectivity index (χ0) is 18.6. The molecule has 6 nitrogen and oxygen atoms in total. The normalized spacial score (nSPS) is 23.0. The molecule has 136 valence electrons. The summed E-state index contributed by atoms with van der Waals surface area (Å²) in [5.74, 6) is 0.305. The number of hydrogen-bond donors (Lipinski definition) is 0. The van der Waals surface area contributed by atoms with E-state index in [-0.39, 0.29) is 23.5 Å². The monoisotopic (exact) mass is 371 g/mol. The summed E-state index contributed by atoms with van der Waals surface area (Å²) in [4.78, 5) is 14.3. The molecule has 4 rings (SSSR count). The van der Waals surface area contributed by atoms with Crippen LogP contribution < -0.4 is 4.90 Å². The molecule has 1 unspecified atom stereocenters. The van der Waals surface area contributed by atoms with Gasteiger partial charge in [0.2, 0.25) is 0 Å². The van der Waals surface area contributed by atoms with E-state index in [1.54, 1.807) is 11.9 Å². The molecule has 1 aromatic carbocycles. The van der Waals surface area contributed by atoms with Crippen LogP contribution in [0.5, 0.6) is 0 Å². The van der Waals surface area contributed by atoms with Gasteiger partial charge >= 0.3 is 0 Å². The van der Waals surface area contributed by atoms with Gasteiger partial charge in [-0.1, -0.05) is 18.2 Å². The summed E-state index contributed by atoms with van der Waals surface area (Å²) in [6.45, 7) is 3.83. The number of likely N-dealkylation sites (N-methyl/N-ethyl adjacent to an activating group) is 1. The molecule has 26 heavy (non-hydrogen) atoms. The fraction of sp³-hybridized carbons (Fsp3) is 0.368. The maximum absolute atomic E-state index is 12.7. The van der Waals surface area contributed by atoms with Gasteiger partial charge in [0.15, 0.2) is 9.84 Å². The van der Waals surface area contributed by atoms with Crippen LogP contribution in [0.3, 0.4) is 0 Å². The van der Waals surface area contributed by atoms with Crippen LogP contribution in [0, 0.1) is 13.8 Å². The number of carbonyl (C=O) groups is 1. The molecule has 0 spiro atoms. The summed E-state index contributed by atoms with van der Waals surface area (Å²) in [5.41, 5.74) is 5.05. The van der Waals surface area contributed by atoms with Crippen LogP contribution >= 0.6 is 0 Å². The number of rotatable bonds is 2. The number of aromatic nitrogens is 2. The fourth-order valence-corrected chi connectivity index (χ4v) is 5.58. The third-order valence-electron chi connectivity index (χ3n) is 5.31. The number of fused-ring (bicyclic) bond motifs is 1. The predicted octanol–water partition coefficient (Wildman–Crippen LogP) is 2.38. The Morgan fingerprint density at radius 3 is 2.65 bits per heavy atom. The predicted molar refractivity (Wildman–Crippen MR) is 102 cm³/mol. The highest BCUT2D eigenvalue weighted by atomic mass is 32.2. The maximum Gasteiger partial charge on any atom is 0.258 e. The molecule has 3 heterocycles. The summed E-state index contributed by atoms with van der Waals surface area (Å²) in [6.07, 6.45) is 2.48. The Bertz CT molecular complexity index is 1050. The molecular weight excluding hydrogens is 350 g/mol. The van der Waals surface area contributed by atoms with Crippen molar-refractivity contribution in [2.45, 2.75) is 26.3 Å². The third-order valence-corrected chi connectivity index (χ3v) is 7.06. The average molecular weight is 371 g/mol. The van der Waals surface area contributed by atoms with Gasteiger partial charge in [-0.15, -0.1) is 0 Å². The Hall–Kier alpha value is -2.41. The molecule has 1 amide bonds. The van der Waals surface area contributed by atoms with Crippen molar-refractivity contribution < 1.29 is 13.2 Å². The highest BCUT2D eigenvalue weighted by Gasteiger charge is 2.33. The van der Waals surface area contributed by atoms with Crippen LogP contribution in [-0.4, -0.2) is 42.7 Å². The number of amides is 1. The Morgan fingerprint density at radius 2 is 1.96 bits per heavy atom. The van der Waals surface area contributed by atoms with Gasteiger partial charge in [-0.25, -0.2) is 8.42 Å². The Labute approximate surface area is 153 Å². The van der Waals surface area contributed by atoms with E-state index in [9.17, 15) is 13.2 Å². The largest absolute Gasteiger partial charge is 0.311 e. The standard InChI is InChI=1S/C19H21N3O3S/c1-12-16(13(2)22(20-12)14-8-9-26(24,25)11-14)10-17-15-6-4-5-7-18(15)21(3)19(17)23/h4-7,10,14H,8-9,11H2,1-3H3/b17-10+. The van der Waals surface area contributed by atoms with Crippen LogP contribution in [0.4, 0.5) is 5.69 Å². The van der Waals surface area contributed by atoms with Crippen LogP contribution in [0.2, 0.25) is 0 Å². The topological polar surface area (TPSA) is 72.3 Å². The van der Waals surface area contributed by atoms with E-state index in [4.69, 9.17) is 0 Å². The molecule has 1 fully saturated rings. The van der Waals surface area contributed by atoms with Gasteiger partial charge in [0.25, 0.3) is 5.91 Å². The minimum Gasteiger partial charge on any atom is -0.311 e. The Balaban J connectivity index is 1.78. The number of benzene rings is 1. The van der Waals surface area contributed by atoms with E-state index < -0.39 is 9.84 Å². The van der Waals surface area contributed by atoms with E-state index in [0.717, 1.165) is 28.2 Å². The molecule has 2 aliphatic rings. The second-order valence-corrected chi connectivity index (χ2v) is 9.25. The number of carbonyl (C=O) groups excluding carboxylic acids is 1. The number of aryl methyl sites for hydroxylation is 1. The van der Waals surface area contributed by atoms with Crippen molar-refractivity contribution >= 4 is 33.1 Å². The first-order valence-corrected chi connectivity index (χ1v) is 10.5. The van der Waals surface area contributed by atoms with E-state index in [0.29, 0.717) is 12.0 Å². The summed E-state index contributed by atoms with van der Waals surface area (Å²) in [5, 5.41) is 4.58. The Kier molecular flexibility index (Phi) is 3.80. The van der Waals surface area contributed by atoms with E-state index >= 15 is 0 Å². The molecule has 1 saturated heterocycles. The van der Waals surface area contributed by atoms with Crippen LogP contribution in [-0.2, 0) is 14.6 Å². The first kappa shape index (κ1) is 17.0. The van der Waals surface area contributed by atoms with Crippen molar-refractivity contribution in [1.82, 2.24) is 9.78 Å². The number of para-hydroxylation sites is 1. The lowest BCUT2D eigenvalue weighted by Crippen LogP contribution is -2.20. The smallest absolute Gasteiger partial charge is 0.258 e. The minimum atomic E-state index is -2.98. The average Bonchev–Trinajstić information content (AvgIpc) is 3.18. The number of nitrogens with zero attached hydrogens (tertiary/aromatic N) is 3. The van der Waals surface area contributed by atoms with Gasteiger partial charge in [0.1, 0.15) is 0 Å². The molecule has 0 bridgehead atoms. The molecule has 0 aliphatic carbocycles. The molecule has 7 heteroatoms. The number of sulfone groups is 1. The van der Waals surface area contributed by atoms with Gasteiger partial charge in [0.05, 0.1) is 28.9 Å². The van der Waals surface area contributed by atoms with Crippen LogP contribution in [0.15, 0.2) is 24.3 Å². The van der Waals surface area contributed by atoms with Gasteiger partial charge in [-0.05, 0) is 32.4 Å². The summed E-state index contributed by atoms with van der Waals surface area (Å²) in [7, 11) is -1.21. The molecular formula is C19H21N3O3S. The van der Waals surface area contributed by atoms with Crippen LogP contribution in [0.25, 0.3) is 11.6 Å². The van der Waals surface area contributed by atoms with E-state index in [1.165, 1.54) is 0 Å². The highest BCUT2D eigenvalue weighted by Crippen LogP contribution is 2.37. The molecule has 2 aliphatic heterocycles. The highest BCUT2D eigenvalue weighted by molar-refractivity contribution is 7.91. The van der Waals surface area contributed by atoms with Crippen molar-refractivity contribution in [2.24, 2.45) is 0 Å². The number of anilines is 1. The van der Waals surface area contributed by atoms with Crippen molar-refractivity contribution in [3.05, 3.63) is 46.8 Å². The Morgan fingerprint density at radius 1 is 1.23 bits per heavy atom. The number of hydrogen-bond acceptors (Lipinski definition) is 4. The fourth-order valence-electron chi connectivity index (χ4n) is 3.89. The lowest BCUT2D eigenvalue weighted by Gasteiger charge is -2.11. The van der Waals surface area contributed by atoms with E-state index in [1.807, 2.05) is 48.9 Å². The zero-order valence-corrected chi connectivity index (χ0v) is 15.9. The van der Waals surface area contributed by atoms with E-state index in [2.05, 4.69) is 5.10 Å². The SMILES string of the molecule is Cc1nn(C2CCS(=O)(=O)C2)c(C)c1/C=C1/C(=O)N(C)c2ccccc21. The maximum atomic E-state index is 12.7. The van der Waals surface area contributed by atoms with Gasteiger partial charge in [-0.2, -0.15) is 5.10 Å². The van der Waals surface area contributed by atoms with Crippen LogP contribution in [0.1, 0.15) is 35.0 Å². The lowest BCUT2D eigenvalue weighted by molar-refractivity contribution is -0.112. The molecule has 0 saturated carbocycles. The molecule has 2 aromatic rings. The molecule has 0 radical (unpaired) electrons. The first-order chi connectivity index (χ1) is 12.3. The summed E-state index contributed by atoms with van der Waals surface area (Å²) < 4.78 is 25.4. The van der Waals surface area contributed by atoms with Crippen molar-refractivity contribution in [2.75, 3.05) is 23.5 Å². The molecule has 1 aromatic heterocycles. The van der Waals surface area contributed by atoms with Gasteiger partial charge in [-0.3, -0.25) is 9.48 Å². The summed E-state index contributed by atoms with van der Waals surface area (Å²) >= 11 is 0. The minimum absolute atomic E-state index is 0.0406. The van der Waals surface area contributed by atoms with Crippen molar-refractivity contribution in [3.8, 4) is 0 Å². The zero-order valence-electron chi connectivity index (χ0n) is 15.1. The van der Waals surface area contributed by atoms with Gasteiger partial charge < -0.3 is 4.90 Å².